The van der Waals surface area contributed by atoms with Crippen LogP contribution < -0.4 is 0 Å². The van der Waals surface area contributed by atoms with Crippen molar-refractivity contribution in [1.29, 1.82) is 0 Å². The van der Waals surface area contributed by atoms with Crippen LogP contribution >= 0.6 is 0 Å². The van der Waals surface area contributed by atoms with Gasteiger partial charge < -0.3 is 10.2 Å². The van der Waals surface area contributed by atoms with Gasteiger partial charge in [0.1, 0.15) is 6.10 Å². The lowest BCUT2D eigenvalue weighted by Crippen LogP contribution is -2.37. The monoisotopic (exact) mass is 183 g/mol. The number of β-amino-alcohol motifs (C(OH)–C–C–N with tert-alkyl or cyclic N) is 1. The second-order valence-electron chi connectivity index (χ2n) is 2.98. The summed E-state index contributed by atoms with van der Waals surface area (Å²) in [6.45, 7) is 0.379. The van der Waals surface area contributed by atoms with Crippen LogP contribution in [0.3, 0.4) is 0 Å². The highest BCUT2D eigenvalue weighted by molar-refractivity contribution is 5.65. The highest BCUT2D eigenvalue weighted by atomic mass is 16.4. The fourth-order valence-corrected chi connectivity index (χ4v) is 1.44. The molecule has 0 radical (unpaired) electrons. The van der Waals surface area contributed by atoms with E-state index < -0.39 is 12.2 Å². The summed E-state index contributed by atoms with van der Waals surface area (Å²) in [6, 6.07) is 0. The van der Waals surface area contributed by atoms with Gasteiger partial charge in [-0.1, -0.05) is 0 Å². The number of amides is 1. The number of aliphatic hydroxyl groups excluding tert-OH is 1. The van der Waals surface area contributed by atoms with E-state index in [1.54, 1.807) is 0 Å². The van der Waals surface area contributed by atoms with Gasteiger partial charge in [0.25, 0.3) is 0 Å². The lowest BCUT2D eigenvalue weighted by atomic mass is 10.1. The van der Waals surface area contributed by atoms with Gasteiger partial charge in [-0.15, -0.1) is 0 Å². The van der Waals surface area contributed by atoms with Gasteiger partial charge in [0, 0.05) is 5.56 Å². The molecule has 0 aliphatic carbocycles. The topological polar surface area (TPSA) is 89.5 Å². The lowest BCUT2D eigenvalue weighted by molar-refractivity contribution is 0.0813. The summed E-state index contributed by atoms with van der Waals surface area (Å²) in [6.07, 6.45) is -0.267. The standard InChI is InChI=1S/C7H9N3O3/c11-6-3-10(7(12)13)2-5-4(6)1-8-9-5/h1,6,11H,2-3H2,(H,8,9)(H,12,13). The van der Waals surface area contributed by atoms with Crippen LogP contribution in [0.4, 0.5) is 4.79 Å². The molecule has 1 aromatic heterocycles. The van der Waals surface area contributed by atoms with Crippen molar-refractivity contribution in [3.63, 3.8) is 0 Å². The molecule has 1 aliphatic rings. The Balaban J connectivity index is 2.28. The molecule has 1 amide bonds. The van der Waals surface area contributed by atoms with Crippen LogP contribution in [0.5, 0.6) is 0 Å². The molecule has 1 unspecified atom stereocenters. The molecule has 2 rings (SSSR count). The zero-order chi connectivity index (χ0) is 9.42. The SMILES string of the molecule is O=C(O)N1Cc2[nH]ncc2C(O)C1. The fourth-order valence-electron chi connectivity index (χ4n) is 1.44. The van der Waals surface area contributed by atoms with E-state index in [2.05, 4.69) is 10.2 Å². The number of fused-ring (bicyclic) bond motifs is 1. The first-order chi connectivity index (χ1) is 6.18. The number of carbonyl (C=O) groups is 1. The number of aliphatic hydroxyl groups is 1. The Bertz CT molecular complexity index is 335. The molecule has 6 nitrogen and oxygen atoms in total. The van der Waals surface area contributed by atoms with E-state index in [1.165, 1.54) is 6.20 Å². The van der Waals surface area contributed by atoms with Gasteiger partial charge in [-0.25, -0.2) is 4.79 Å². The Labute approximate surface area is 73.8 Å². The summed E-state index contributed by atoms with van der Waals surface area (Å²) >= 11 is 0. The van der Waals surface area contributed by atoms with Gasteiger partial charge in [0.15, 0.2) is 0 Å². The number of H-pyrrole nitrogens is 1. The number of carboxylic acid groups (broad SMARTS) is 1. The maximum Gasteiger partial charge on any atom is 0.407 e. The maximum absolute atomic E-state index is 10.6. The predicted molar refractivity (Wildman–Crippen MR) is 42.0 cm³/mol. The Morgan fingerprint density at radius 2 is 2.54 bits per heavy atom. The molecule has 3 N–H and O–H groups in total. The largest absolute Gasteiger partial charge is 0.465 e. The third-order valence-electron chi connectivity index (χ3n) is 2.12. The van der Waals surface area contributed by atoms with Crippen molar-refractivity contribution in [3.05, 3.63) is 17.5 Å². The predicted octanol–water partition coefficient (Wildman–Crippen LogP) is -0.0633. The number of aromatic amines is 1. The molecule has 0 saturated carbocycles. The summed E-state index contributed by atoms with van der Waals surface area (Å²) in [5, 5.41) is 24.6. The molecule has 6 heteroatoms. The molecular weight excluding hydrogens is 174 g/mol. The van der Waals surface area contributed by atoms with E-state index in [0.717, 1.165) is 4.90 Å². The lowest BCUT2D eigenvalue weighted by Gasteiger charge is -2.27. The van der Waals surface area contributed by atoms with E-state index in [0.29, 0.717) is 11.3 Å². The van der Waals surface area contributed by atoms with Crippen LogP contribution in [0, 0.1) is 0 Å². The Morgan fingerprint density at radius 3 is 3.23 bits per heavy atom. The second-order valence-corrected chi connectivity index (χ2v) is 2.98. The summed E-state index contributed by atoms with van der Waals surface area (Å²) in [5.41, 5.74) is 1.36. The summed E-state index contributed by atoms with van der Waals surface area (Å²) < 4.78 is 0. The third kappa shape index (κ3) is 1.25. The minimum absolute atomic E-state index is 0.113. The van der Waals surface area contributed by atoms with Crippen molar-refractivity contribution in [2.24, 2.45) is 0 Å². The van der Waals surface area contributed by atoms with Crippen LogP contribution in [0.25, 0.3) is 0 Å². The van der Waals surface area contributed by atoms with Gasteiger partial charge in [-0.2, -0.15) is 5.10 Å². The van der Waals surface area contributed by atoms with E-state index >= 15 is 0 Å². The second kappa shape index (κ2) is 2.74. The minimum Gasteiger partial charge on any atom is -0.465 e. The normalized spacial score (nSPS) is 21.3. The molecular formula is C7H9N3O3. The molecule has 2 heterocycles. The number of aromatic nitrogens is 2. The molecule has 0 fully saturated rings. The average molecular weight is 183 g/mol. The first kappa shape index (κ1) is 8.06. The van der Waals surface area contributed by atoms with Crippen LogP contribution in [-0.2, 0) is 6.54 Å². The quantitative estimate of drug-likeness (QED) is 0.525. The molecule has 1 aromatic rings. The molecule has 70 valence electrons. The van der Waals surface area contributed by atoms with Crippen molar-refractivity contribution in [2.45, 2.75) is 12.6 Å². The Kier molecular flexibility index (Phi) is 1.70. The van der Waals surface area contributed by atoms with E-state index in [9.17, 15) is 9.90 Å². The van der Waals surface area contributed by atoms with E-state index in [4.69, 9.17) is 5.11 Å². The van der Waals surface area contributed by atoms with Gasteiger partial charge >= 0.3 is 6.09 Å². The van der Waals surface area contributed by atoms with Gasteiger partial charge in [-0.05, 0) is 0 Å². The highest BCUT2D eigenvalue weighted by Crippen LogP contribution is 2.23. The van der Waals surface area contributed by atoms with Crippen LogP contribution in [0.1, 0.15) is 17.4 Å². The van der Waals surface area contributed by atoms with E-state index in [-0.39, 0.29) is 13.1 Å². The first-order valence-electron chi connectivity index (χ1n) is 3.86. The number of nitrogens with zero attached hydrogens (tertiary/aromatic N) is 2. The van der Waals surface area contributed by atoms with Crippen LogP contribution in [-0.4, -0.2) is 37.9 Å². The van der Waals surface area contributed by atoms with Crippen LogP contribution in [0.2, 0.25) is 0 Å². The third-order valence-corrected chi connectivity index (χ3v) is 2.12. The minimum atomic E-state index is -1.03. The molecule has 0 spiro atoms. The van der Waals surface area contributed by atoms with Crippen molar-refractivity contribution < 1.29 is 15.0 Å². The van der Waals surface area contributed by atoms with Crippen molar-refractivity contribution >= 4 is 6.09 Å². The number of hydrogen-bond donors (Lipinski definition) is 3. The van der Waals surface area contributed by atoms with Gasteiger partial charge in [0.2, 0.25) is 0 Å². The molecule has 0 saturated heterocycles. The van der Waals surface area contributed by atoms with Crippen LogP contribution in [0.15, 0.2) is 6.20 Å². The number of nitrogens with one attached hydrogen (secondary N) is 1. The molecule has 1 atom stereocenters. The van der Waals surface area contributed by atoms with Crippen molar-refractivity contribution in [2.75, 3.05) is 6.54 Å². The smallest absolute Gasteiger partial charge is 0.407 e. The van der Waals surface area contributed by atoms with Crippen molar-refractivity contribution in [3.8, 4) is 0 Å². The Morgan fingerprint density at radius 1 is 1.77 bits per heavy atom. The summed E-state index contributed by atoms with van der Waals surface area (Å²) in [5.74, 6) is 0. The van der Waals surface area contributed by atoms with Gasteiger partial charge in [-0.3, -0.25) is 10.00 Å². The zero-order valence-corrected chi connectivity index (χ0v) is 6.77. The number of rotatable bonds is 0. The van der Waals surface area contributed by atoms with Crippen molar-refractivity contribution in [1.82, 2.24) is 15.1 Å². The highest BCUT2D eigenvalue weighted by Gasteiger charge is 2.27. The molecule has 0 aromatic carbocycles. The Hall–Kier alpha value is -1.56. The van der Waals surface area contributed by atoms with Gasteiger partial charge in [0.05, 0.1) is 25.0 Å². The summed E-state index contributed by atoms with van der Waals surface area (Å²) in [4.78, 5) is 11.8. The molecule has 1 aliphatic heterocycles. The summed E-state index contributed by atoms with van der Waals surface area (Å²) in [7, 11) is 0. The maximum atomic E-state index is 10.6. The first-order valence-corrected chi connectivity index (χ1v) is 3.86. The van der Waals surface area contributed by atoms with E-state index in [1.807, 2.05) is 0 Å². The average Bonchev–Trinajstić information content (AvgIpc) is 2.51. The zero-order valence-electron chi connectivity index (χ0n) is 6.77. The fraction of sp³-hybridized carbons (Fsp3) is 0.429. The number of hydrogen-bond acceptors (Lipinski definition) is 3. The molecule has 0 bridgehead atoms. The molecule has 13 heavy (non-hydrogen) atoms.